The van der Waals surface area contributed by atoms with Crippen LogP contribution in [0.4, 0.5) is 18.9 Å². The summed E-state index contributed by atoms with van der Waals surface area (Å²) in [6.07, 6.45) is -3.18. The summed E-state index contributed by atoms with van der Waals surface area (Å²) in [6.45, 7) is 11.1. The second-order valence-corrected chi connectivity index (χ2v) is 12.7. The second-order valence-electron chi connectivity index (χ2n) is 8.86. The predicted molar refractivity (Wildman–Crippen MR) is 123 cm³/mol. The number of aryl methyl sites for hydroxylation is 1. The van der Waals surface area contributed by atoms with Gasteiger partial charge in [0.15, 0.2) is 9.76 Å². The van der Waals surface area contributed by atoms with Crippen molar-refractivity contribution in [2.24, 2.45) is 0 Å². The lowest BCUT2D eigenvalue weighted by Gasteiger charge is -2.32. The van der Waals surface area contributed by atoms with Crippen LogP contribution in [-0.2, 0) is 16.2 Å². The smallest absolute Gasteiger partial charge is 0.415 e. The molecule has 4 nitrogen and oxygen atoms in total. The molecule has 0 fully saturated rings. The van der Waals surface area contributed by atoms with Crippen LogP contribution < -0.4 is 5.32 Å². The predicted octanol–water partition coefficient (Wildman–Crippen LogP) is 5.82. The number of rotatable bonds is 5. The maximum atomic E-state index is 13.8. The zero-order chi connectivity index (χ0) is 22.9. The highest BCUT2D eigenvalue weighted by Crippen LogP contribution is 2.40. The van der Waals surface area contributed by atoms with E-state index in [1.807, 2.05) is 27.7 Å². The molecule has 1 heterocycles. The van der Waals surface area contributed by atoms with Gasteiger partial charge >= 0.3 is 6.18 Å². The number of nitrogens with one attached hydrogen (secondary N) is 1. The molecule has 0 aliphatic rings. The molecule has 2 aromatic rings. The molecule has 0 aliphatic carbocycles. The van der Waals surface area contributed by atoms with E-state index in [1.165, 1.54) is 18.3 Å². The maximum Gasteiger partial charge on any atom is 0.416 e. The summed E-state index contributed by atoms with van der Waals surface area (Å²) in [7, 11) is -1.07. The summed E-state index contributed by atoms with van der Waals surface area (Å²) in [4.78, 5) is 16.6. The molecule has 1 amide bonds. The average molecular weight is 550 g/mol. The van der Waals surface area contributed by atoms with Crippen molar-refractivity contribution in [2.75, 3.05) is 5.32 Å². The molecule has 2 rings (SSSR count). The number of carbonyl (C=O) groups excluding carboxylic acids is 1. The first-order valence-corrected chi connectivity index (χ1v) is 11.8. The van der Waals surface area contributed by atoms with E-state index in [0.29, 0.717) is 0 Å². The summed E-state index contributed by atoms with van der Waals surface area (Å²) in [5, 5.41) is 2.49. The quantitative estimate of drug-likeness (QED) is 0.377. The number of anilines is 1. The molecule has 1 N–H and O–H groups in total. The van der Waals surface area contributed by atoms with E-state index in [0.717, 1.165) is 15.3 Å². The molecule has 0 bridgehead atoms. The Kier molecular flexibility index (Phi) is 7.40. The van der Waals surface area contributed by atoms with Gasteiger partial charge in [0.05, 0.1) is 22.4 Å². The van der Waals surface area contributed by atoms with Crippen LogP contribution in [0, 0.1) is 10.5 Å². The van der Waals surface area contributed by atoms with Crippen LogP contribution in [0.1, 0.15) is 61.8 Å². The lowest BCUT2D eigenvalue weighted by molar-refractivity contribution is -0.139. The Hall–Kier alpha value is -1.46. The van der Waals surface area contributed by atoms with Crippen LogP contribution in [0.3, 0.4) is 0 Å². The number of alkyl halides is 3. The minimum atomic E-state index is -4.58. The van der Waals surface area contributed by atoms with Gasteiger partial charge < -0.3 is 9.74 Å². The lowest BCUT2D eigenvalue weighted by atomic mass is 9.92. The molecule has 0 unspecified atom stereocenters. The number of carbonyl (C=O) groups is 1. The molecule has 0 saturated carbocycles. The molecule has 0 aliphatic heterocycles. The van der Waals surface area contributed by atoms with Gasteiger partial charge in [0.1, 0.15) is 0 Å². The molecule has 30 heavy (non-hydrogen) atoms. The van der Waals surface area contributed by atoms with E-state index in [-0.39, 0.29) is 21.9 Å². The normalized spacial score (nSPS) is 13.1. The zero-order valence-electron chi connectivity index (χ0n) is 17.9. The van der Waals surface area contributed by atoms with Crippen molar-refractivity contribution in [3.05, 3.63) is 56.4 Å². The van der Waals surface area contributed by atoms with E-state index in [1.54, 1.807) is 19.9 Å². The van der Waals surface area contributed by atoms with Crippen molar-refractivity contribution in [1.29, 1.82) is 0 Å². The fourth-order valence-electron chi connectivity index (χ4n) is 2.69. The third kappa shape index (κ3) is 6.52. The van der Waals surface area contributed by atoms with Gasteiger partial charge in [-0.25, -0.2) is 0 Å². The number of benzene rings is 1. The molecule has 0 saturated heterocycles. The SMILES string of the molecule is Cc1ncc(C(=O)Nc2ccc(C(C)(C)O[SiH2]C(C)(C)C)c(C(F)(F)F)c2)cc1I. The molecule has 1 aromatic heterocycles. The molecule has 164 valence electrons. The number of pyridine rings is 1. The summed E-state index contributed by atoms with van der Waals surface area (Å²) >= 11 is 2.05. The van der Waals surface area contributed by atoms with Crippen molar-refractivity contribution < 1.29 is 22.4 Å². The van der Waals surface area contributed by atoms with Crippen LogP contribution >= 0.6 is 22.6 Å². The Bertz CT molecular complexity index is 941. The van der Waals surface area contributed by atoms with Crippen LogP contribution in [0.5, 0.6) is 0 Å². The Labute approximate surface area is 191 Å². The molecular weight excluding hydrogens is 524 g/mol. The third-order valence-corrected chi connectivity index (χ3v) is 7.21. The van der Waals surface area contributed by atoms with E-state index in [4.69, 9.17) is 4.43 Å². The van der Waals surface area contributed by atoms with Crippen molar-refractivity contribution in [3.8, 4) is 0 Å². The summed E-state index contributed by atoms with van der Waals surface area (Å²) in [5.41, 5.74) is -0.736. The van der Waals surface area contributed by atoms with Crippen molar-refractivity contribution in [3.63, 3.8) is 0 Å². The van der Waals surface area contributed by atoms with Crippen molar-refractivity contribution >= 4 is 43.9 Å². The number of nitrogens with zero attached hydrogens (tertiary/aromatic N) is 1. The van der Waals surface area contributed by atoms with Gasteiger partial charge in [-0.3, -0.25) is 9.78 Å². The minimum Gasteiger partial charge on any atom is -0.415 e. The monoisotopic (exact) mass is 550 g/mol. The van der Waals surface area contributed by atoms with Crippen LogP contribution in [-0.4, -0.2) is 20.7 Å². The molecule has 0 atom stereocenters. The van der Waals surface area contributed by atoms with Gasteiger partial charge in [0.25, 0.3) is 5.91 Å². The fourth-order valence-corrected chi connectivity index (χ4v) is 4.11. The maximum absolute atomic E-state index is 13.8. The Morgan fingerprint density at radius 2 is 1.73 bits per heavy atom. The first kappa shape index (κ1) is 24.8. The Balaban J connectivity index is 2.36. The van der Waals surface area contributed by atoms with E-state index < -0.39 is 33.0 Å². The first-order valence-electron chi connectivity index (χ1n) is 9.39. The Morgan fingerprint density at radius 3 is 2.27 bits per heavy atom. The van der Waals surface area contributed by atoms with Gasteiger partial charge in [-0.2, -0.15) is 13.2 Å². The Morgan fingerprint density at radius 1 is 1.10 bits per heavy atom. The van der Waals surface area contributed by atoms with Crippen LogP contribution in [0.25, 0.3) is 0 Å². The number of halogens is 4. The first-order chi connectivity index (χ1) is 13.6. The topological polar surface area (TPSA) is 51.2 Å². The molecule has 1 aromatic carbocycles. The number of aromatic nitrogens is 1. The van der Waals surface area contributed by atoms with Crippen molar-refractivity contribution in [2.45, 2.75) is 58.4 Å². The number of hydrogen-bond donors (Lipinski definition) is 1. The van der Waals surface area contributed by atoms with Gasteiger partial charge in [0, 0.05) is 15.5 Å². The number of amides is 1. The van der Waals surface area contributed by atoms with Crippen molar-refractivity contribution in [1.82, 2.24) is 4.98 Å². The lowest BCUT2D eigenvalue weighted by Crippen LogP contribution is -2.30. The molecule has 0 radical (unpaired) electrons. The minimum absolute atomic E-state index is 0.0521. The van der Waals surface area contributed by atoms with Crippen LogP contribution in [0.15, 0.2) is 30.5 Å². The van der Waals surface area contributed by atoms with E-state index in [9.17, 15) is 18.0 Å². The summed E-state index contributed by atoms with van der Waals surface area (Å²) < 4.78 is 48.2. The zero-order valence-corrected chi connectivity index (χ0v) is 21.4. The highest BCUT2D eigenvalue weighted by molar-refractivity contribution is 14.1. The summed E-state index contributed by atoms with van der Waals surface area (Å²) in [6, 6.07) is 5.46. The third-order valence-electron chi connectivity index (χ3n) is 4.38. The fraction of sp³-hybridized carbons (Fsp3) is 0.429. The summed E-state index contributed by atoms with van der Waals surface area (Å²) in [5.74, 6) is -0.517. The van der Waals surface area contributed by atoms with Gasteiger partial charge in [0.2, 0.25) is 0 Å². The molecule has 0 spiro atoms. The second kappa shape index (κ2) is 8.95. The average Bonchev–Trinajstić information content (AvgIpc) is 2.61. The van der Waals surface area contributed by atoms with Gasteiger partial charge in [-0.15, -0.1) is 0 Å². The molecular formula is C21H26F3IN2O2Si. The largest absolute Gasteiger partial charge is 0.416 e. The van der Waals surface area contributed by atoms with E-state index >= 15 is 0 Å². The number of hydrogen-bond acceptors (Lipinski definition) is 3. The highest BCUT2D eigenvalue weighted by Gasteiger charge is 2.39. The van der Waals surface area contributed by atoms with Gasteiger partial charge in [-0.05, 0) is 72.2 Å². The van der Waals surface area contributed by atoms with Crippen LogP contribution in [0.2, 0.25) is 5.04 Å². The van der Waals surface area contributed by atoms with Gasteiger partial charge in [-0.1, -0.05) is 26.8 Å². The molecule has 9 heteroatoms. The van der Waals surface area contributed by atoms with E-state index in [2.05, 4.69) is 32.9 Å². The standard InChI is InChI=1S/C21H26F3IN2O2Si/c1-12-17(25)9-13(11-26-12)18(28)27-14-7-8-15(16(10-14)21(22,23)24)20(5,6)29-30-19(2,3)4/h7-11H,30H2,1-6H3,(H,27,28). The highest BCUT2D eigenvalue weighted by atomic mass is 127.